The summed E-state index contributed by atoms with van der Waals surface area (Å²) in [6.07, 6.45) is 10.6. The van der Waals surface area contributed by atoms with Crippen LogP contribution < -0.4 is 20.0 Å². The molecule has 0 aliphatic heterocycles. The van der Waals surface area contributed by atoms with Crippen molar-refractivity contribution in [1.82, 2.24) is 0 Å². The summed E-state index contributed by atoms with van der Waals surface area (Å²) >= 11 is -0.738. The van der Waals surface area contributed by atoms with Gasteiger partial charge < -0.3 is 9.41 Å². The first-order chi connectivity index (χ1) is 13.9. The van der Waals surface area contributed by atoms with Crippen molar-refractivity contribution >= 4 is 24.6 Å². The van der Waals surface area contributed by atoms with Crippen LogP contribution in [-0.4, -0.2) is 0 Å². The number of rotatable bonds is 5. The van der Waals surface area contributed by atoms with Crippen molar-refractivity contribution in [2.45, 2.75) is 10.0 Å². The summed E-state index contributed by atoms with van der Waals surface area (Å²) in [5.74, 6) is 0. The van der Waals surface area contributed by atoms with Crippen molar-refractivity contribution in [1.29, 1.82) is 0 Å². The smallest absolute Gasteiger partial charge is 1.00 e. The molecule has 148 valence electrons. The van der Waals surface area contributed by atoms with Crippen molar-refractivity contribution < 1.29 is 32.6 Å². The summed E-state index contributed by atoms with van der Waals surface area (Å²) in [7, 11) is -0.502. The average molecular weight is 494 g/mol. The molecule has 0 heterocycles. The van der Waals surface area contributed by atoms with Gasteiger partial charge >= 0.3 is 181 Å². The Bertz CT molecular complexity index is 1030. The van der Waals surface area contributed by atoms with E-state index >= 15 is 0 Å². The Balaban J connectivity index is 0.00000128. The van der Waals surface area contributed by atoms with Crippen LogP contribution in [0.4, 0.5) is 0 Å². The first-order valence-corrected chi connectivity index (χ1v) is 13.7. The number of allylic oxidation sites excluding steroid dienone is 5. The number of hydrogen-bond donors (Lipinski definition) is 0. The monoisotopic (exact) mass is 492 g/mol. The fourth-order valence-corrected chi connectivity index (χ4v) is 11.4. The average Bonchev–Trinajstić information content (AvgIpc) is 3.39. The molecule has 30 heavy (non-hydrogen) atoms. The molecule has 0 saturated carbocycles. The first kappa shape index (κ1) is 22.7. The quantitative estimate of drug-likeness (QED) is 0.444. The molecule has 0 spiro atoms. The molecule has 0 amide bonds. The number of benzene rings is 3. The summed E-state index contributed by atoms with van der Waals surface area (Å²) in [5.41, 5.74) is 3.01. The van der Waals surface area contributed by atoms with E-state index in [0.29, 0.717) is 3.63 Å². The van der Waals surface area contributed by atoms with Gasteiger partial charge in [-0.05, 0) is 0 Å². The molecule has 3 aromatic carbocycles. The van der Waals surface area contributed by atoms with Gasteiger partial charge in [0.1, 0.15) is 0 Å². The van der Waals surface area contributed by atoms with E-state index in [9.17, 15) is 0 Å². The standard InChI is InChI=1S/C21H16P.C5H5.2FH.Zr/c1-3-11-19(12-4-1)22(20-13-5-2-6-14-20)21-15-17-9-7-8-10-18(17)16-21;1-2-4-5-3-1;;;/h1-16H;1-3H,4H2;2*1H;/q;;;;+2/p-2. The molecule has 0 N–H and O–H groups in total. The fraction of sp³-hybridized carbons (Fsp3) is 0.0769. The van der Waals surface area contributed by atoms with Crippen LogP contribution in [0.2, 0.25) is 0 Å². The third-order valence-electron chi connectivity index (χ3n) is 5.29. The summed E-state index contributed by atoms with van der Waals surface area (Å²) in [5, 5.41) is 4.59. The van der Waals surface area contributed by atoms with Crippen molar-refractivity contribution in [3.8, 4) is 0 Å². The summed E-state index contributed by atoms with van der Waals surface area (Å²) < 4.78 is 2.35. The van der Waals surface area contributed by atoms with E-state index in [4.69, 9.17) is 0 Å². The van der Waals surface area contributed by atoms with Gasteiger partial charge in [-0.25, -0.2) is 0 Å². The molecular formula is C26H21F2PZr. The van der Waals surface area contributed by atoms with Crippen LogP contribution in [0.15, 0.2) is 112 Å². The first-order valence-electron chi connectivity index (χ1n) is 9.73. The van der Waals surface area contributed by atoms with Crippen molar-refractivity contribution in [2.75, 3.05) is 0 Å². The summed E-state index contributed by atoms with van der Waals surface area (Å²) in [6, 6.07) is 31.4. The summed E-state index contributed by atoms with van der Waals surface area (Å²) in [6.45, 7) is 0. The van der Waals surface area contributed by atoms with Gasteiger partial charge in [0.25, 0.3) is 0 Å². The molecular weight excluding hydrogens is 472 g/mol. The molecule has 0 radical (unpaired) electrons. The van der Waals surface area contributed by atoms with Gasteiger partial charge in [0.15, 0.2) is 0 Å². The van der Waals surface area contributed by atoms with Crippen molar-refractivity contribution in [2.24, 2.45) is 0 Å². The Morgan fingerprint density at radius 3 is 1.93 bits per heavy atom. The van der Waals surface area contributed by atoms with E-state index in [1.54, 1.807) is 14.2 Å². The van der Waals surface area contributed by atoms with E-state index in [-0.39, 0.29) is 9.41 Å². The van der Waals surface area contributed by atoms with E-state index in [2.05, 4.69) is 109 Å². The second kappa shape index (κ2) is 10.4. The van der Waals surface area contributed by atoms with Crippen molar-refractivity contribution in [3.05, 3.63) is 123 Å². The minimum Gasteiger partial charge on any atom is -1.00 e. The van der Waals surface area contributed by atoms with E-state index in [1.807, 2.05) is 0 Å². The number of fused-ring (bicyclic) bond motifs is 1. The fourth-order valence-electron chi connectivity index (χ4n) is 3.99. The molecule has 1 atom stereocenters. The van der Waals surface area contributed by atoms with Gasteiger partial charge in [0.2, 0.25) is 0 Å². The zero-order valence-corrected chi connectivity index (χ0v) is 19.7. The van der Waals surface area contributed by atoms with E-state index in [0.717, 1.165) is 0 Å². The van der Waals surface area contributed by atoms with Gasteiger partial charge in [0, 0.05) is 0 Å². The van der Waals surface area contributed by atoms with Crippen LogP contribution in [0, 0.1) is 0 Å². The number of hydrogen-bond acceptors (Lipinski definition) is 0. The molecule has 2 aliphatic rings. The molecule has 5 rings (SSSR count). The Morgan fingerprint density at radius 1 is 0.733 bits per heavy atom. The predicted octanol–water partition coefficient (Wildman–Crippen LogP) is 0.149. The van der Waals surface area contributed by atoms with Crippen LogP contribution in [0.1, 0.15) is 21.2 Å². The Labute approximate surface area is 189 Å². The molecule has 2 aliphatic carbocycles. The molecule has 0 saturated heterocycles. The Kier molecular flexibility index (Phi) is 7.87. The van der Waals surface area contributed by atoms with Gasteiger partial charge in [-0.1, -0.05) is 0 Å². The van der Waals surface area contributed by atoms with Crippen LogP contribution in [0.25, 0.3) is 6.08 Å². The predicted molar refractivity (Wildman–Crippen MR) is 118 cm³/mol. The molecule has 0 fully saturated rings. The third-order valence-corrected chi connectivity index (χ3v) is 12.5. The van der Waals surface area contributed by atoms with Crippen LogP contribution in [0.5, 0.6) is 0 Å². The molecule has 3 aromatic rings. The van der Waals surface area contributed by atoms with Gasteiger partial charge in [-0.15, -0.1) is 0 Å². The zero-order chi connectivity index (χ0) is 18.8. The number of halogens is 2. The maximum Gasteiger partial charge on any atom is -1.00 e. The second-order valence-electron chi connectivity index (χ2n) is 7.11. The second-order valence-corrected chi connectivity index (χ2v) is 13.0. The maximum absolute atomic E-state index is 2.52. The van der Waals surface area contributed by atoms with Crippen molar-refractivity contribution in [3.63, 3.8) is 0 Å². The van der Waals surface area contributed by atoms with E-state index in [1.165, 1.54) is 22.6 Å². The van der Waals surface area contributed by atoms with Gasteiger partial charge in [-0.3, -0.25) is 0 Å². The topological polar surface area (TPSA) is 0 Å². The minimum absolute atomic E-state index is 0. The van der Waals surface area contributed by atoms with Crippen LogP contribution in [0.3, 0.4) is 0 Å². The van der Waals surface area contributed by atoms with Crippen LogP contribution >= 0.6 is 7.92 Å². The molecule has 0 bridgehead atoms. The molecule has 1 unspecified atom stereocenters. The van der Waals surface area contributed by atoms with Gasteiger partial charge in [0.05, 0.1) is 0 Å². The van der Waals surface area contributed by atoms with Gasteiger partial charge in [-0.2, -0.15) is 0 Å². The minimum atomic E-state index is -0.738. The van der Waals surface area contributed by atoms with Crippen LogP contribution in [-0.2, 0) is 23.2 Å². The molecule has 4 heteroatoms. The Hall–Kier alpha value is -1.95. The third kappa shape index (κ3) is 4.53. The Morgan fingerprint density at radius 2 is 1.33 bits per heavy atom. The largest absolute Gasteiger partial charge is 1.00 e. The molecule has 0 aromatic heterocycles. The normalized spacial score (nSPS) is 16.1. The summed E-state index contributed by atoms with van der Waals surface area (Å²) in [4.78, 5) is 0. The SMILES string of the molecule is C1=CC[C]([Zr+2][CH]2C(P(c3ccccc3)c3ccccc3)=Cc3ccccc32)=C1.[F-].[F-]. The maximum atomic E-state index is 2.52. The van der Waals surface area contributed by atoms with E-state index < -0.39 is 31.2 Å². The zero-order valence-electron chi connectivity index (χ0n) is 16.4. The molecule has 0 nitrogen and oxygen atoms in total.